The van der Waals surface area contributed by atoms with E-state index in [0.29, 0.717) is 6.54 Å². The van der Waals surface area contributed by atoms with Gasteiger partial charge in [-0.3, -0.25) is 4.68 Å². The van der Waals surface area contributed by atoms with Crippen LogP contribution in [-0.2, 0) is 18.6 Å². The summed E-state index contributed by atoms with van der Waals surface area (Å²) in [5.74, 6) is -0.178. The summed E-state index contributed by atoms with van der Waals surface area (Å²) in [6.45, 7) is 2.10. The Balaban J connectivity index is 3.16. The van der Waals surface area contributed by atoms with Crippen molar-refractivity contribution in [2.45, 2.75) is 25.5 Å². The smallest absolute Gasteiger partial charge is 0.268 e. The van der Waals surface area contributed by atoms with E-state index in [-0.39, 0.29) is 11.6 Å². The van der Waals surface area contributed by atoms with Crippen LogP contribution in [0.3, 0.4) is 0 Å². The van der Waals surface area contributed by atoms with Gasteiger partial charge >= 0.3 is 6.18 Å². The normalized spacial score (nSPS) is 12.1. The van der Waals surface area contributed by atoms with Crippen LogP contribution in [0.25, 0.3) is 0 Å². The van der Waals surface area contributed by atoms with E-state index in [4.69, 9.17) is 11.6 Å². The highest BCUT2D eigenvalue weighted by Crippen LogP contribution is 2.32. The second kappa shape index (κ2) is 3.57. The van der Waals surface area contributed by atoms with Crippen molar-refractivity contribution in [1.29, 1.82) is 0 Å². The van der Waals surface area contributed by atoms with Gasteiger partial charge in [0.15, 0.2) is 0 Å². The van der Waals surface area contributed by atoms with Gasteiger partial charge in [-0.2, -0.15) is 18.3 Å². The molecular weight excluding hydrogens is 205 g/mol. The molecule has 0 radical (unpaired) electrons. The summed E-state index contributed by atoms with van der Waals surface area (Å²) >= 11 is 5.40. The fourth-order valence-corrected chi connectivity index (χ4v) is 1.34. The molecule has 0 spiro atoms. The quantitative estimate of drug-likeness (QED) is 0.690. The van der Waals surface area contributed by atoms with Crippen molar-refractivity contribution in [2.75, 3.05) is 0 Å². The summed E-state index contributed by atoms with van der Waals surface area (Å²) in [6, 6.07) is 0. The third-order valence-corrected chi connectivity index (χ3v) is 1.93. The van der Waals surface area contributed by atoms with Gasteiger partial charge in [0.25, 0.3) is 0 Å². The van der Waals surface area contributed by atoms with Crippen LogP contribution in [0, 0.1) is 0 Å². The van der Waals surface area contributed by atoms with Gasteiger partial charge < -0.3 is 0 Å². The standard InChI is InChI=1S/C7H8ClF3N2/c1-2-13-6(3-8)5(4-12-13)7(9,10)11/h4H,2-3H2,1H3. The van der Waals surface area contributed by atoms with Crippen LogP contribution < -0.4 is 0 Å². The first-order chi connectivity index (χ1) is 6.00. The average Bonchev–Trinajstić information content (AvgIpc) is 2.45. The van der Waals surface area contributed by atoms with Gasteiger partial charge in [-0.1, -0.05) is 0 Å². The molecule has 0 amide bonds. The zero-order valence-electron chi connectivity index (χ0n) is 6.90. The molecule has 0 aliphatic carbocycles. The largest absolute Gasteiger partial charge is 0.419 e. The van der Waals surface area contributed by atoms with Crippen LogP contribution in [0.1, 0.15) is 18.2 Å². The third kappa shape index (κ3) is 1.96. The van der Waals surface area contributed by atoms with E-state index in [9.17, 15) is 13.2 Å². The zero-order chi connectivity index (χ0) is 10.1. The van der Waals surface area contributed by atoms with Crippen molar-refractivity contribution in [1.82, 2.24) is 9.78 Å². The number of rotatable bonds is 2. The monoisotopic (exact) mass is 212 g/mol. The fourth-order valence-electron chi connectivity index (χ4n) is 1.06. The molecule has 0 aliphatic heterocycles. The Hall–Kier alpha value is -0.710. The van der Waals surface area contributed by atoms with Gasteiger partial charge in [0.1, 0.15) is 0 Å². The molecule has 1 aromatic heterocycles. The molecule has 0 aliphatic rings. The number of alkyl halides is 4. The number of aryl methyl sites for hydroxylation is 1. The Morgan fingerprint density at radius 2 is 2.15 bits per heavy atom. The lowest BCUT2D eigenvalue weighted by Crippen LogP contribution is -2.09. The number of halogens is 4. The van der Waals surface area contributed by atoms with Crippen LogP contribution in [0.5, 0.6) is 0 Å². The van der Waals surface area contributed by atoms with E-state index in [1.807, 2.05) is 0 Å². The summed E-state index contributed by atoms with van der Waals surface area (Å²) < 4.78 is 38.1. The SMILES string of the molecule is CCn1ncc(C(F)(F)F)c1CCl. The topological polar surface area (TPSA) is 17.8 Å². The first kappa shape index (κ1) is 10.4. The molecule has 2 nitrogen and oxygen atoms in total. The van der Waals surface area contributed by atoms with E-state index in [2.05, 4.69) is 5.10 Å². The first-order valence-corrected chi connectivity index (χ1v) is 4.22. The van der Waals surface area contributed by atoms with Gasteiger partial charge in [0.2, 0.25) is 0 Å². The maximum absolute atomic E-state index is 12.3. The molecule has 0 aromatic carbocycles. The van der Waals surface area contributed by atoms with Crippen molar-refractivity contribution in [3.05, 3.63) is 17.5 Å². The Morgan fingerprint density at radius 3 is 2.54 bits per heavy atom. The molecule has 74 valence electrons. The number of nitrogens with zero attached hydrogens (tertiary/aromatic N) is 2. The molecule has 0 atom stereocenters. The average molecular weight is 213 g/mol. The molecule has 0 saturated heterocycles. The second-order valence-corrected chi connectivity index (χ2v) is 2.72. The lowest BCUT2D eigenvalue weighted by atomic mass is 10.2. The van der Waals surface area contributed by atoms with Crippen molar-refractivity contribution in [3.63, 3.8) is 0 Å². The predicted octanol–water partition coefficient (Wildman–Crippen LogP) is 2.66. The van der Waals surface area contributed by atoms with Crippen molar-refractivity contribution >= 4 is 11.6 Å². The first-order valence-electron chi connectivity index (χ1n) is 3.68. The molecule has 0 bridgehead atoms. The van der Waals surface area contributed by atoms with Crippen LogP contribution in [0.2, 0.25) is 0 Å². The molecule has 1 rings (SSSR count). The highest BCUT2D eigenvalue weighted by molar-refractivity contribution is 6.17. The molecule has 0 fully saturated rings. The number of hydrogen-bond acceptors (Lipinski definition) is 1. The van der Waals surface area contributed by atoms with Gasteiger partial charge in [-0.25, -0.2) is 0 Å². The van der Waals surface area contributed by atoms with E-state index in [1.165, 1.54) is 4.68 Å². The highest BCUT2D eigenvalue weighted by Gasteiger charge is 2.35. The lowest BCUT2D eigenvalue weighted by Gasteiger charge is -2.07. The molecule has 0 N–H and O–H groups in total. The minimum absolute atomic E-state index is 0.0247. The van der Waals surface area contributed by atoms with Crippen LogP contribution >= 0.6 is 11.6 Å². The Labute approximate surface area is 78.3 Å². The van der Waals surface area contributed by atoms with E-state index in [1.54, 1.807) is 6.92 Å². The molecule has 13 heavy (non-hydrogen) atoms. The maximum atomic E-state index is 12.3. The van der Waals surface area contributed by atoms with Crippen LogP contribution in [0.4, 0.5) is 13.2 Å². The van der Waals surface area contributed by atoms with E-state index < -0.39 is 11.7 Å². The summed E-state index contributed by atoms with van der Waals surface area (Å²) in [4.78, 5) is 0. The molecule has 0 saturated carbocycles. The van der Waals surface area contributed by atoms with E-state index in [0.717, 1.165) is 6.20 Å². The lowest BCUT2D eigenvalue weighted by molar-refractivity contribution is -0.138. The number of hydrogen-bond donors (Lipinski definition) is 0. The summed E-state index contributed by atoms with van der Waals surface area (Å²) in [5.41, 5.74) is -0.721. The van der Waals surface area contributed by atoms with Crippen molar-refractivity contribution < 1.29 is 13.2 Å². The Kier molecular flexibility index (Phi) is 2.85. The molecular formula is C7H8ClF3N2. The highest BCUT2D eigenvalue weighted by atomic mass is 35.5. The van der Waals surface area contributed by atoms with Crippen LogP contribution in [-0.4, -0.2) is 9.78 Å². The fraction of sp³-hybridized carbons (Fsp3) is 0.571. The third-order valence-electron chi connectivity index (χ3n) is 1.68. The van der Waals surface area contributed by atoms with Crippen molar-refractivity contribution in [2.24, 2.45) is 0 Å². The second-order valence-electron chi connectivity index (χ2n) is 2.45. The van der Waals surface area contributed by atoms with E-state index >= 15 is 0 Å². The molecule has 1 aromatic rings. The molecule has 1 heterocycles. The Bertz CT molecular complexity index is 292. The summed E-state index contributed by atoms with van der Waals surface area (Å²) in [7, 11) is 0. The number of aromatic nitrogens is 2. The molecule has 6 heteroatoms. The minimum Gasteiger partial charge on any atom is -0.268 e. The molecule has 0 unspecified atom stereocenters. The van der Waals surface area contributed by atoms with Crippen molar-refractivity contribution in [3.8, 4) is 0 Å². The van der Waals surface area contributed by atoms with Gasteiger partial charge in [0, 0.05) is 6.54 Å². The zero-order valence-corrected chi connectivity index (χ0v) is 7.65. The summed E-state index contributed by atoms with van der Waals surface area (Å²) in [6.07, 6.45) is -3.56. The van der Waals surface area contributed by atoms with Gasteiger partial charge in [-0.05, 0) is 6.92 Å². The summed E-state index contributed by atoms with van der Waals surface area (Å²) in [5, 5.41) is 3.58. The minimum atomic E-state index is -4.36. The maximum Gasteiger partial charge on any atom is 0.419 e. The predicted molar refractivity (Wildman–Crippen MR) is 42.5 cm³/mol. The van der Waals surface area contributed by atoms with Gasteiger partial charge in [-0.15, -0.1) is 11.6 Å². The van der Waals surface area contributed by atoms with Gasteiger partial charge in [0.05, 0.1) is 23.3 Å². The Morgan fingerprint density at radius 1 is 1.54 bits per heavy atom. The van der Waals surface area contributed by atoms with Crippen LogP contribution in [0.15, 0.2) is 6.20 Å².